The molecule has 5 nitrogen and oxygen atoms in total. The molecule has 2 aliphatic rings. The van der Waals surface area contributed by atoms with Crippen molar-refractivity contribution in [1.29, 1.82) is 0 Å². The second-order valence-electron chi connectivity index (χ2n) is 6.79. The van der Waals surface area contributed by atoms with Crippen molar-refractivity contribution in [2.45, 2.75) is 57.5 Å². The molecule has 1 heterocycles. The third-order valence-corrected chi connectivity index (χ3v) is 4.98. The predicted molar refractivity (Wildman–Crippen MR) is 86.2 cm³/mol. The molecule has 1 aliphatic heterocycles. The van der Waals surface area contributed by atoms with Gasteiger partial charge in [-0.3, -0.25) is 9.69 Å². The van der Waals surface area contributed by atoms with E-state index in [2.05, 4.69) is 15.1 Å². The quantitative estimate of drug-likeness (QED) is 0.618. The Balaban J connectivity index is 1.59. The second kappa shape index (κ2) is 7.56. The molecule has 2 fully saturated rings. The topological polar surface area (TPSA) is 61.6 Å². The number of hydrogen-bond acceptors (Lipinski definition) is 4. The van der Waals surface area contributed by atoms with Crippen LogP contribution in [0.3, 0.4) is 0 Å². The van der Waals surface area contributed by atoms with Gasteiger partial charge in [-0.15, -0.1) is 0 Å². The van der Waals surface area contributed by atoms with Gasteiger partial charge >= 0.3 is 0 Å². The van der Waals surface area contributed by atoms with Crippen LogP contribution < -0.4 is 11.1 Å². The molecule has 0 aromatic rings. The number of carbonyl (C=O) groups is 1. The van der Waals surface area contributed by atoms with Gasteiger partial charge in [0.05, 0.1) is 5.54 Å². The lowest BCUT2D eigenvalue weighted by Gasteiger charge is -2.35. The molecule has 122 valence electrons. The van der Waals surface area contributed by atoms with Crippen LogP contribution >= 0.6 is 0 Å². The van der Waals surface area contributed by atoms with Gasteiger partial charge in [-0.05, 0) is 52.1 Å². The third-order valence-electron chi connectivity index (χ3n) is 4.98. The maximum atomic E-state index is 11.6. The Morgan fingerprint density at radius 2 is 1.90 bits per heavy atom. The number of rotatable bonds is 9. The van der Waals surface area contributed by atoms with Crippen molar-refractivity contribution < 1.29 is 4.79 Å². The number of piperazine rings is 1. The minimum atomic E-state index is -0.542. The van der Waals surface area contributed by atoms with E-state index in [0.29, 0.717) is 0 Å². The number of nitrogens with two attached hydrogens (primary N) is 1. The Bertz CT molecular complexity index is 337. The predicted octanol–water partition coefficient (Wildman–Crippen LogP) is 0.790. The smallest absolute Gasteiger partial charge is 0.237 e. The first kappa shape index (κ1) is 16.7. The first-order chi connectivity index (χ1) is 10.0. The lowest BCUT2D eigenvalue weighted by Crippen LogP contribution is -2.53. The Morgan fingerprint density at radius 3 is 2.43 bits per heavy atom. The van der Waals surface area contributed by atoms with Crippen LogP contribution in [-0.4, -0.2) is 66.6 Å². The Hall–Kier alpha value is -0.650. The zero-order valence-corrected chi connectivity index (χ0v) is 13.7. The fourth-order valence-electron chi connectivity index (χ4n) is 3.29. The highest BCUT2D eigenvalue weighted by Crippen LogP contribution is 2.27. The Kier molecular flexibility index (Phi) is 6.02. The van der Waals surface area contributed by atoms with Crippen LogP contribution in [0.2, 0.25) is 0 Å². The van der Waals surface area contributed by atoms with Crippen molar-refractivity contribution in [3.8, 4) is 0 Å². The first-order valence-electron chi connectivity index (χ1n) is 8.56. The molecule has 1 saturated carbocycles. The van der Waals surface area contributed by atoms with Crippen LogP contribution in [0.5, 0.6) is 0 Å². The van der Waals surface area contributed by atoms with Gasteiger partial charge in [0.2, 0.25) is 5.91 Å². The summed E-state index contributed by atoms with van der Waals surface area (Å²) < 4.78 is 0. The molecule has 0 radical (unpaired) electrons. The fraction of sp³-hybridized carbons (Fsp3) is 0.938. The number of unbranched alkanes of at least 4 members (excludes halogenated alkanes) is 1. The van der Waals surface area contributed by atoms with Crippen molar-refractivity contribution in [2.24, 2.45) is 5.73 Å². The molecule has 0 bridgehead atoms. The second-order valence-corrected chi connectivity index (χ2v) is 6.79. The summed E-state index contributed by atoms with van der Waals surface area (Å²) in [7, 11) is 0. The van der Waals surface area contributed by atoms with Crippen molar-refractivity contribution in [3.63, 3.8) is 0 Å². The molecule has 5 heteroatoms. The number of amides is 1. The normalized spacial score (nSPS) is 23.9. The number of hydrogen-bond donors (Lipinski definition) is 2. The largest absolute Gasteiger partial charge is 0.368 e. The van der Waals surface area contributed by atoms with Crippen LogP contribution in [0.15, 0.2) is 0 Å². The molecule has 0 spiro atoms. The minimum Gasteiger partial charge on any atom is -0.368 e. The molecule has 1 unspecified atom stereocenters. The Morgan fingerprint density at radius 1 is 1.24 bits per heavy atom. The van der Waals surface area contributed by atoms with Crippen molar-refractivity contribution in [2.75, 3.05) is 39.3 Å². The first-order valence-corrected chi connectivity index (χ1v) is 8.56. The van der Waals surface area contributed by atoms with Crippen molar-refractivity contribution in [3.05, 3.63) is 0 Å². The maximum absolute atomic E-state index is 11.6. The summed E-state index contributed by atoms with van der Waals surface area (Å²) in [6, 6.07) is 0.906. The highest BCUT2D eigenvalue weighted by molar-refractivity contribution is 5.84. The molecule has 21 heavy (non-hydrogen) atoms. The summed E-state index contributed by atoms with van der Waals surface area (Å²) in [5, 5.41) is 3.23. The minimum absolute atomic E-state index is 0.234. The van der Waals surface area contributed by atoms with E-state index in [1.54, 1.807) is 0 Å². The van der Waals surface area contributed by atoms with Gasteiger partial charge in [0.15, 0.2) is 0 Å². The van der Waals surface area contributed by atoms with Gasteiger partial charge in [-0.2, -0.15) is 0 Å². The van der Waals surface area contributed by atoms with Crippen LogP contribution in [-0.2, 0) is 4.79 Å². The van der Waals surface area contributed by atoms with Gasteiger partial charge in [0, 0.05) is 32.2 Å². The zero-order valence-electron chi connectivity index (χ0n) is 13.7. The van der Waals surface area contributed by atoms with E-state index in [4.69, 9.17) is 5.73 Å². The van der Waals surface area contributed by atoms with Crippen LogP contribution in [0.25, 0.3) is 0 Å². The van der Waals surface area contributed by atoms with E-state index >= 15 is 0 Å². The van der Waals surface area contributed by atoms with Gasteiger partial charge in [-0.1, -0.05) is 6.92 Å². The number of nitrogens with zero attached hydrogens (tertiary/aromatic N) is 2. The molecule has 0 aromatic carbocycles. The molecular formula is C16H32N4O. The maximum Gasteiger partial charge on any atom is 0.237 e. The van der Waals surface area contributed by atoms with E-state index in [0.717, 1.165) is 38.4 Å². The number of nitrogens with one attached hydrogen (secondary N) is 1. The van der Waals surface area contributed by atoms with Crippen LogP contribution in [0.4, 0.5) is 0 Å². The zero-order chi connectivity index (χ0) is 15.3. The summed E-state index contributed by atoms with van der Waals surface area (Å²) >= 11 is 0. The van der Waals surface area contributed by atoms with E-state index in [1.807, 2.05) is 13.8 Å². The standard InChI is InChI=1S/C16H32N4O/c1-3-18-16(2,15(17)21)8-4-5-9-19-10-12-20(13-11-19)14-6-7-14/h14,18H,3-13H2,1-2H3,(H2,17,21). The average molecular weight is 296 g/mol. The van der Waals surface area contributed by atoms with E-state index in [9.17, 15) is 4.79 Å². The SMILES string of the molecule is CCNC(C)(CCCCN1CCN(C2CC2)CC1)C(N)=O. The number of primary amides is 1. The highest BCUT2D eigenvalue weighted by Gasteiger charge is 2.31. The summed E-state index contributed by atoms with van der Waals surface area (Å²) in [4.78, 5) is 16.8. The number of carbonyl (C=O) groups excluding carboxylic acids is 1. The monoisotopic (exact) mass is 296 g/mol. The van der Waals surface area contributed by atoms with Crippen LogP contribution in [0.1, 0.15) is 46.0 Å². The molecule has 1 atom stereocenters. The van der Waals surface area contributed by atoms with Gasteiger partial charge in [0.25, 0.3) is 0 Å². The summed E-state index contributed by atoms with van der Waals surface area (Å²) in [6.45, 7) is 10.8. The lowest BCUT2D eigenvalue weighted by atomic mass is 9.94. The van der Waals surface area contributed by atoms with E-state index in [-0.39, 0.29) is 5.91 Å². The molecule has 1 saturated heterocycles. The summed E-state index contributed by atoms with van der Waals surface area (Å²) in [5.41, 5.74) is 4.97. The molecule has 1 aliphatic carbocycles. The molecule has 1 amide bonds. The third kappa shape index (κ3) is 4.94. The van der Waals surface area contributed by atoms with E-state index < -0.39 is 5.54 Å². The number of likely N-dealkylation sites (N-methyl/N-ethyl adjacent to an activating group) is 1. The highest BCUT2D eigenvalue weighted by atomic mass is 16.1. The fourth-order valence-corrected chi connectivity index (χ4v) is 3.29. The van der Waals surface area contributed by atoms with Gasteiger partial charge < -0.3 is 16.0 Å². The van der Waals surface area contributed by atoms with E-state index in [1.165, 1.54) is 39.0 Å². The summed E-state index contributed by atoms with van der Waals surface area (Å²) in [6.07, 6.45) is 5.86. The van der Waals surface area contributed by atoms with Crippen LogP contribution in [0, 0.1) is 0 Å². The molecule has 0 aromatic heterocycles. The molecule has 3 N–H and O–H groups in total. The lowest BCUT2D eigenvalue weighted by molar-refractivity contribution is -0.124. The molecule has 2 rings (SSSR count). The summed E-state index contributed by atoms with van der Waals surface area (Å²) in [5.74, 6) is -0.234. The molecular weight excluding hydrogens is 264 g/mol. The average Bonchev–Trinajstić information content (AvgIpc) is 3.29. The van der Waals surface area contributed by atoms with Gasteiger partial charge in [0.1, 0.15) is 0 Å². The van der Waals surface area contributed by atoms with Gasteiger partial charge in [-0.25, -0.2) is 0 Å². The van der Waals surface area contributed by atoms with Crippen molar-refractivity contribution >= 4 is 5.91 Å². The Labute approximate surface area is 129 Å². The van der Waals surface area contributed by atoms with Crippen molar-refractivity contribution in [1.82, 2.24) is 15.1 Å².